The van der Waals surface area contributed by atoms with Gasteiger partial charge in [0.25, 0.3) is 0 Å². The van der Waals surface area contributed by atoms with E-state index in [4.69, 9.17) is 17.3 Å². The van der Waals surface area contributed by atoms with Crippen LogP contribution in [0.3, 0.4) is 0 Å². The zero-order valence-corrected chi connectivity index (χ0v) is 13.7. The van der Waals surface area contributed by atoms with Gasteiger partial charge in [0.1, 0.15) is 5.82 Å². The summed E-state index contributed by atoms with van der Waals surface area (Å²) in [7, 11) is -3.89. The summed E-state index contributed by atoms with van der Waals surface area (Å²) in [5.74, 6) is -1.22. The van der Waals surface area contributed by atoms with Gasteiger partial charge in [-0.2, -0.15) is 0 Å². The first kappa shape index (κ1) is 17.4. The molecular weight excluding hydrogens is 343 g/mol. The standard InChI is InChI=1S/C15H14ClFN2O3S/c1-9(13-8-11(16)4-7-14(13)17)19-23(21,22)12-5-2-10(3-6-12)15(18)20/h2-9,19H,1H3,(H2,18,20)/t9-/m0/s1. The highest BCUT2D eigenvalue weighted by Crippen LogP contribution is 2.23. The van der Waals surface area contributed by atoms with Gasteiger partial charge in [-0.1, -0.05) is 11.6 Å². The van der Waals surface area contributed by atoms with Gasteiger partial charge in [-0.15, -0.1) is 0 Å². The zero-order valence-electron chi connectivity index (χ0n) is 12.1. The van der Waals surface area contributed by atoms with Crippen molar-refractivity contribution in [1.29, 1.82) is 0 Å². The van der Waals surface area contributed by atoms with E-state index in [0.29, 0.717) is 5.02 Å². The maximum atomic E-state index is 13.8. The number of hydrogen-bond acceptors (Lipinski definition) is 3. The van der Waals surface area contributed by atoms with Crippen LogP contribution in [-0.4, -0.2) is 14.3 Å². The van der Waals surface area contributed by atoms with E-state index in [1.807, 2.05) is 0 Å². The summed E-state index contributed by atoms with van der Waals surface area (Å²) >= 11 is 5.81. The van der Waals surface area contributed by atoms with Crippen LogP contribution in [0, 0.1) is 5.82 Å². The van der Waals surface area contributed by atoms with E-state index < -0.39 is 27.8 Å². The van der Waals surface area contributed by atoms with Crippen molar-refractivity contribution in [3.8, 4) is 0 Å². The molecule has 0 aliphatic rings. The van der Waals surface area contributed by atoms with Crippen LogP contribution in [0.2, 0.25) is 5.02 Å². The van der Waals surface area contributed by atoms with E-state index in [9.17, 15) is 17.6 Å². The predicted molar refractivity (Wildman–Crippen MR) is 85.1 cm³/mol. The molecule has 0 aliphatic carbocycles. The molecule has 8 heteroatoms. The fourth-order valence-corrected chi connectivity index (χ4v) is 3.41. The second-order valence-electron chi connectivity index (χ2n) is 4.90. The van der Waals surface area contributed by atoms with Gasteiger partial charge in [-0.05, 0) is 49.4 Å². The Kier molecular flexibility index (Phi) is 5.03. The molecule has 0 unspecified atom stereocenters. The van der Waals surface area contributed by atoms with Crippen molar-refractivity contribution in [1.82, 2.24) is 4.72 Å². The molecule has 0 aromatic heterocycles. The van der Waals surface area contributed by atoms with Crippen LogP contribution in [0.1, 0.15) is 28.9 Å². The van der Waals surface area contributed by atoms with Crippen LogP contribution in [0.5, 0.6) is 0 Å². The van der Waals surface area contributed by atoms with Gasteiger partial charge in [0.2, 0.25) is 15.9 Å². The van der Waals surface area contributed by atoms with Crippen molar-refractivity contribution < 1.29 is 17.6 Å². The number of rotatable bonds is 5. The number of nitrogens with one attached hydrogen (secondary N) is 1. The van der Waals surface area contributed by atoms with Gasteiger partial charge in [-0.25, -0.2) is 17.5 Å². The summed E-state index contributed by atoms with van der Waals surface area (Å²) in [5, 5.41) is 0.304. The fraction of sp³-hybridized carbons (Fsp3) is 0.133. The van der Waals surface area contributed by atoms with Crippen LogP contribution in [0.15, 0.2) is 47.4 Å². The zero-order chi connectivity index (χ0) is 17.2. The van der Waals surface area contributed by atoms with Gasteiger partial charge >= 0.3 is 0 Å². The van der Waals surface area contributed by atoms with Crippen molar-refractivity contribution in [2.45, 2.75) is 17.9 Å². The monoisotopic (exact) mass is 356 g/mol. The normalized spacial score (nSPS) is 12.8. The number of nitrogens with two attached hydrogens (primary N) is 1. The lowest BCUT2D eigenvalue weighted by Crippen LogP contribution is -2.27. The van der Waals surface area contributed by atoms with Crippen LogP contribution < -0.4 is 10.5 Å². The third-order valence-corrected chi connectivity index (χ3v) is 5.00. The Labute approximate surface area is 138 Å². The summed E-state index contributed by atoms with van der Waals surface area (Å²) in [4.78, 5) is 10.9. The Bertz CT molecular complexity index is 838. The molecular formula is C15H14ClFN2O3S. The van der Waals surface area contributed by atoms with Crippen molar-refractivity contribution in [2.75, 3.05) is 0 Å². The van der Waals surface area contributed by atoms with Crippen molar-refractivity contribution >= 4 is 27.5 Å². The number of halogens is 2. The number of carbonyl (C=O) groups is 1. The fourth-order valence-electron chi connectivity index (χ4n) is 2.01. The molecule has 0 spiro atoms. The van der Waals surface area contributed by atoms with Crippen molar-refractivity contribution in [3.63, 3.8) is 0 Å². The third-order valence-electron chi connectivity index (χ3n) is 3.21. The lowest BCUT2D eigenvalue weighted by atomic mass is 10.1. The van der Waals surface area contributed by atoms with E-state index >= 15 is 0 Å². The maximum Gasteiger partial charge on any atom is 0.248 e. The number of sulfonamides is 1. The molecule has 5 nitrogen and oxygen atoms in total. The van der Waals surface area contributed by atoms with E-state index in [1.165, 1.54) is 49.4 Å². The molecule has 0 saturated heterocycles. The Morgan fingerprint density at radius 3 is 2.39 bits per heavy atom. The van der Waals surface area contributed by atoms with Gasteiger partial charge < -0.3 is 5.73 Å². The highest BCUT2D eigenvalue weighted by atomic mass is 35.5. The van der Waals surface area contributed by atoms with Crippen LogP contribution in [0.4, 0.5) is 4.39 Å². The second kappa shape index (κ2) is 6.66. The maximum absolute atomic E-state index is 13.8. The Morgan fingerprint density at radius 2 is 1.83 bits per heavy atom. The summed E-state index contributed by atoms with van der Waals surface area (Å²) in [5.41, 5.74) is 5.43. The van der Waals surface area contributed by atoms with Crippen LogP contribution in [0.25, 0.3) is 0 Å². The summed E-state index contributed by atoms with van der Waals surface area (Å²) in [6.45, 7) is 1.50. The molecule has 0 aliphatic heterocycles. The molecule has 2 aromatic rings. The van der Waals surface area contributed by atoms with E-state index in [2.05, 4.69) is 4.72 Å². The minimum absolute atomic E-state index is 0.0585. The molecule has 0 heterocycles. The van der Waals surface area contributed by atoms with Gasteiger partial charge in [-0.3, -0.25) is 4.79 Å². The first-order valence-electron chi connectivity index (χ1n) is 6.58. The summed E-state index contributed by atoms with van der Waals surface area (Å²) < 4.78 is 40.8. The number of primary amides is 1. The topological polar surface area (TPSA) is 89.3 Å². The number of carbonyl (C=O) groups excluding carboxylic acids is 1. The first-order valence-corrected chi connectivity index (χ1v) is 8.44. The quantitative estimate of drug-likeness (QED) is 0.863. The average Bonchev–Trinajstić information content (AvgIpc) is 2.49. The Balaban J connectivity index is 2.26. The largest absolute Gasteiger partial charge is 0.366 e. The molecule has 1 atom stereocenters. The highest BCUT2D eigenvalue weighted by Gasteiger charge is 2.20. The average molecular weight is 357 g/mol. The Hall–Kier alpha value is -1.96. The minimum atomic E-state index is -3.89. The molecule has 23 heavy (non-hydrogen) atoms. The smallest absolute Gasteiger partial charge is 0.248 e. The summed E-state index contributed by atoms with van der Waals surface area (Å²) in [6, 6.07) is 8.21. The molecule has 2 aromatic carbocycles. The molecule has 2 rings (SSSR count). The second-order valence-corrected chi connectivity index (χ2v) is 7.05. The molecule has 122 valence electrons. The lowest BCUT2D eigenvalue weighted by molar-refractivity contribution is 0.1000. The molecule has 3 N–H and O–H groups in total. The predicted octanol–water partition coefficient (Wildman–Crippen LogP) is 2.62. The molecule has 1 amide bonds. The van der Waals surface area contributed by atoms with Gasteiger partial charge in [0.15, 0.2) is 0 Å². The molecule has 0 fully saturated rings. The lowest BCUT2D eigenvalue weighted by Gasteiger charge is -2.16. The van der Waals surface area contributed by atoms with E-state index in [0.717, 1.165) is 0 Å². The van der Waals surface area contributed by atoms with Gasteiger partial charge in [0, 0.05) is 22.2 Å². The number of benzene rings is 2. The number of hydrogen-bond donors (Lipinski definition) is 2. The Morgan fingerprint density at radius 1 is 1.22 bits per heavy atom. The van der Waals surface area contributed by atoms with Crippen LogP contribution >= 0.6 is 11.6 Å². The third kappa shape index (κ3) is 4.07. The van der Waals surface area contributed by atoms with E-state index in [-0.39, 0.29) is 16.0 Å². The number of amides is 1. The van der Waals surface area contributed by atoms with Gasteiger partial charge in [0.05, 0.1) is 4.90 Å². The van der Waals surface area contributed by atoms with Crippen LogP contribution in [-0.2, 0) is 10.0 Å². The van der Waals surface area contributed by atoms with Crippen molar-refractivity contribution in [2.24, 2.45) is 5.73 Å². The SMILES string of the molecule is C[C@H](NS(=O)(=O)c1ccc(C(N)=O)cc1)c1cc(Cl)ccc1F. The minimum Gasteiger partial charge on any atom is -0.366 e. The molecule has 0 saturated carbocycles. The molecule has 0 radical (unpaired) electrons. The molecule has 0 bridgehead atoms. The van der Waals surface area contributed by atoms with Crippen molar-refractivity contribution in [3.05, 3.63) is 64.4 Å². The van der Waals surface area contributed by atoms with E-state index in [1.54, 1.807) is 0 Å². The summed E-state index contributed by atoms with van der Waals surface area (Å²) in [6.07, 6.45) is 0. The first-order chi connectivity index (χ1) is 10.7. The highest BCUT2D eigenvalue weighted by molar-refractivity contribution is 7.89.